The van der Waals surface area contributed by atoms with E-state index in [1.807, 2.05) is 68.4 Å². The number of benzene rings is 3. The Morgan fingerprint density at radius 1 is 1.09 bits per heavy atom. The van der Waals surface area contributed by atoms with Crippen LogP contribution in [0.1, 0.15) is 28.9 Å². The first-order valence-corrected chi connectivity index (χ1v) is 15.4. The van der Waals surface area contributed by atoms with Gasteiger partial charge in [-0.25, -0.2) is 0 Å². The van der Waals surface area contributed by atoms with E-state index in [0.29, 0.717) is 41.4 Å². The third kappa shape index (κ3) is 5.97. The summed E-state index contributed by atoms with van der Waals surface area (Å²) in [6.07, 6.45) is -7.22. The smallest absolute Gasteiger partial charge is 0.274 e. The van der Waals surface area contributed by atoms with E-state index in [9.17, 15) is 25.2 Å². The van der Waals surface area contributed by atoms with Crippen LogP contribution in [0, 0.1) is 0 Å². The average molecular weight is 640 g/mol. The zero-order chi connectivity index (χ0) is 32.0. The molecule has 0 bridgehead atoms. The SMILES string of the molecule is C[C@H](Cl)[C@H]1CN(C(=O)c2cc3cc(OCCN(C)C)ccc3[nH]2)c2cc(O[C@@H]3O[C@H](CO)[C@H](O)[C@H](O)[C@H]3O)c3ccccc3c21. The van der Waals surface area contributed by atoms with E-state index in [0.717, 1.165) is 28.4 Å². The number of halogens is 1. The molecule has 2 aliphatic heterocycles. The molecule has 45 heavy (non-hydrogen) atoms. The fourth-order valence-electron chi connectivity index (χ4n) is 6.11. The molecule has 0 spiro atoms. The van der Waals surface area contributed by atoms with Gasteiger partial charge in [0, 0.05) is 46.7 Å². The summed E-state index contributed by atoms with van der Waals surface area (Å²) in [5.74, 6) is 0.575. The second-order valence-corrected chi connectivity index (χ2v) is 12.6. The van der Waals surface area contributed by atoms with Gasteiger partial charge in [0.25, 0.3) is 5.91 Å². The molecule has 5 N–H and O–H groups in total. The molecule has 240 valence electrons. The lowest BCUT2D eigenvalue weighted by Crippen LogP contribution is -2.60. The summed E-state index contributed by atoms with van der Waals surface area (Å²) in [6.45, 7) is 2.97. The highest BCUT2D eigenvalue weighted by molar-refractivity contribution is 6.22. The monoisotopic (exact) mass is 639 g/mol. The Morgan fingerprint density at radius 2 is 1.84 bits per heavy atom. The van der Waals surface area contributed by atoms with Gasteiger partial charge >= 0.3 is 0 Å². The zero-order valence-electron chi connectivity index (χ0n) is 25.3. The predicted molar refractivity (Wildman–Crippen MR) is 170 cm³/mol. The Hall–Kier alpha value is -3.42. The third-order valence-corrected chi connectivity index (χ3v) is 8.89. The number of carbonyl (C=O) groups excluding carboxylic acids is 1. The summed E-state index contributed by atoms with van der Waals surface area (Å²) >= 11 is 6.73. The molecule has 4 aromatic rings. The standard InChI is InChI=1S/C33H38ClN3O8/c1-17(34)22-15-37(32(42)24-13-18-12-19(8-9-23(18)35-24)43-11-10-36(2)3)25-14-26(20-6-4-5-7-21(20)28(22)25)44-33-31(41)30(40)29(39)27(16-38)45-33/h4-9,12-14,17,22,27,29-31,33,35,38-41H,10-11,15-16H2,1-3H3/t17-,22+,27+,29-,30-,31+,33+/m0/s1. The van der Waals surface area contributed by atoms with Crippen molar-refractivity contribution in [2.24, 2.45) is 0 Å². The predicted octanol–water partition coefficient (Wildman–Crippen LogP) is 2.81. The number of aliphatic hydroxyl groups is 4. The highest BCUT2D eigenvalue weighted by Crippen LogP contribution is 2.48. The lowest BCUT2D eigenvalue weighted by molar-refractivity contribution is -0.277. The number of hydrogen-bond donors (Lipinski definition) is 5. The molecule has 7 atom stereocenters. The van der Waals surface area contributed by atoms with Gasteiger partial charge in [0.15, 0.2) is 0 Å². The number of nitrogens with zero attached hydrogens (tertiary/aromatic N) is 2. The molecule has 0 saturated carbocycles. The van der Waals surface area contributed by atoms with E-state index >= 15 is 0 Å². The minimum Gasteiger partial charge on any atom is -0.492 e. The van der Waals surface area contributed by atoms with Gasteiger partial charge in [-0.15, -0.1) is 11.6 Å². The van der Waals surface area contributed by atoms with Crippen LogP contribution in [0.25, 0.3) is 21.7 Å². The van der Waals surface area contributed by atoms with Gasteiger partial charge in [-0.3, -0.25) is 4.79 Å². The molecule has 6 rings (SSSR count). The number of carbonyl (C=O) groups is 1. The Morgan fingerprint density at radius 3 is 2.56 bits per heavy atom. The number of likely N-dealkylation sites (N-methyl/N-ethyl adjacent to an activating group) is 1. The Balaban J connectivity index is 1.36. The van der Waals surface area contributed by atoms with Gasteiger partial charge in [-0.2, -0.15) is 0 Å². The van der Waals surface area contributed by atoms with Crippen molar-refractivity contribution in [3.63, 3.8) is 0 Å². The molecule has 1 aromatic heterocycles. The quantitative estimate of drug-likeness (QED) is 0.174. The first kappa shape index (κ1) is 31.6. The van der Waals surface area contributed by atoms with Gasteiger partial charge in [0.2, 0.25) is 6.29 Å². The third-order valence-electron chi connectivity index (χ3n) is 8.59. The number of fused-ring (bicyclic) bond motifs is 4. The maximum absolute atomic E-state index is 14.2. The molecule has 0 radical (unpaired) electrons. The molecule has 1 fully saturated rings. The number of rotatable bonds is 9. The Bertz CT molecular complexity index is 1690. The van der Waals surface area contributed by atoms with E-state index < -0.39 is 37.3 Å². The van der Waals surface area contributed by atoms with Crippen molar-refractivity contribution in [3.05, 3.63) is 65.9 Å². The van der Waals surface area contributed by atoms with Gasteiger partial charge in [0.05, 0.1) is 12.3 Å². The van der Waals surface area contributed by atoms with E-state index in [4.69, 9.17) is 25.8 Å². The van der Waals surface area contributed by atoms with Crippen LogP contribution in [0.2, 0.25) is 0 Å². The molecule has 11 nitrogen and oxygen atoms in total. The van der Waals surface area contributed by atoms with Gasteiger partial charge in [0.1, 0.15) is 48.2 Å². The number of aliphatic hydroxyl groups excluding tert-OH is 4. The number of hydrogen-bond acceptors (Lipinski definition) is 9. The summed E-state index contributed by atoms with van der Waals surface area (Å²) in [7, 11) is 3.96. The maximum Gasteiger partial charge on any atom is 0.274 e. The minimum atomic E-state index is -1.60. The minimum absolute atomic E-state index is 0.182. The first-order chi connectivity index (χ1) is 21.6. The molecule has 12 heteroatoms. The van der Waals surface area contributed by atoms with Gasteiger partial charge in [-0.1, -0.05) is 24.3 Å². The van der Waals surface area contributed by atoms with Crippen LogP contribution >= 0.6 is 11.6 Å². The van der Waals surface area contributed by atoms with Crippen molar-refractivity contribution in [1.82, 2.24) is 9.88 Å². The summed E-state index contributed by atoms with van der Waals surface area (Å²) in [4.78, 5) is 21.1. The summed E-state index contributed by atoms with van der Waals surface area (Å²) < 4.78 is 17.7. The van der Waals surface area contributed by atoms with Crippen LogP contribution in [0.15, 0.2) is 54.6 Å². The fourth-order valence-corrected chi connectivity index (χ4v) is 6.32. The second kappa shape index (κ2) is 12.8. The van der Waals surface area contributed by atoms with Gasteiger partial charge in [-0.05, 0) is 56.2 Å². The van der Waals surface area contributed by atoms with Crippen LogP contribution in [0.5, 0.6) is 11.5 Å². The molecule has 3 heterocycles. The Kier molecular flexibility index (Phi) is 8.95. The second-order valence-electron chi connectivity index (χ2n) is 12.0. The normalized spacial score (nSPS) is 25.6. The van der Waals surface area contributed by atoms with Gasteiger partial charge < -0.3 is 49.4 Å². The van der Waals surface area contributed by atoms with E-state index in [1.165, 1.54) is 0 Å². The first-order valence-electron chi connectivity index (χ1n) is 15.0. The molecular weight excluding hydrogens is 602 g/mol. The van der Waals surface area contributed by atoms with Crippen LogP contribution < -0.4 is 14.4 Å². The lowest BCUT2D eigenvalue weighted by Gasteiger charge is -2.39. The average Bonchev–Trinajstić information content (AvgIpc) is 3.63. The topological polar surface area (TPSA) is 148 Å². The van der Waals surface area contributed by atoms with Crippen molar-refractivity contribution in [1.29, 1.82) is 0 Å². The van der Waals surface area contributed by atoms with Crippen molar-refractivity contribution < 1.29 is 39.4 Å². The van der Waals surface area contributed by atoms with Crippen LogP contribution in [0.3, 0.4) is 0 Å². The zero-order valence-corrected chi connectivity index (χ0v) is 26.0. The summed E-state index contributed by atoms with van der Waals surface area (Å²) in [5.41, 5.74) is 2.69. The van der Waals surface area contributed by atoms with E-state index in [1.54, 1.807) is 17.0 Å². The molecule has 0 unspecified atom stereocenters. The number of ether oxygens (including phenoxy) is 3. The van der Waals surface area contributed by atoms with Crippen LogP contribution in [-0.2, 0) is 4.74 Å². The number of aromatic nitrogens is 1. The number of nitrogens with one attached hydrogen (secondary N) is 1. The number of H-pyrrole nitrogens is 1. The highest BCUT2D eigenvalue weighted by Gasteiger charge is 2.45. The number of amides is 1. The van der Waals surface area contributed by atoms with Crippen molar-refractivity contribution in [2.45, 2.75) is 48.9 Å². The molecule has 0 aliphatic carbocycles. The molecule has 1 saturated heterocycles. The number of alkyl halides is 1. The number of aromatic amines is 1. The highest BCUT2D eigenvalue weighted by atomic mass is 35.5. The molecule has 2 aliphatic rings. The Labute approximate surface area is 265 Å². The van der Waals surface area contributed by atoms with Crippen molar-refractivity contribution in [3.8, 4) is 11.5 Å². The van der Waals surface area contributed by atoms with Crippen LogP contribution in [0.4, 0.5) is 5.69 Å². The van der Waals surface area contributed by atoms with E-state index in [2.05, 4.69) is 4.98 Å². The summed E-state index contributed by atoms with van der Waals surface area (Å²) in [6, 6.07) is 16.7. The molecule has 3 aromatic carbocycles. The largest absolute Gasteiger partial charge is 0.492 e. The van der Waals surface area contributed by atoms with Crippen molar-refractivity contribution >= 4 is 44.9 Å². The summed E-state index contributed by atoms with van der Waals surface area (Å²) in [5, 5.41) is 43.0. The van der Waals surface area contributed by atoms with Crippen LogP contribution in [-0.4, -0.2) is 113 Å². The fraction of sp³-hybridized carbons (Fsp3) is 0.424. The number of anilines is 1. The van der Waals surface area contributed by atoms with Crippen molar-refractivity contribution in [2.75, 3.05) is 45.3 Å². The van der Waals surface area contributed by atoms with E-state index in [-0.39, 0.29) is 17.2 Å². The lowest BCUT2D eigenvalue weighted by atomic mass is 9.92. The molecule has 1 amide bonds. The maximum atomic E-state index is 14.2. The molecular formula is C33H38ClN3O8.